The fourth-order valence-electron chi connectivity index (χ4n) is 8.37. The molecule has 0 spiro atoms. The molecule has 11 rings (SSSR count). The molecule has 51 heavy (non-hydrogen) atoms. The van der Waals surface area contributed by atoms with Crippen molar-refractivity contribution in [3.63, 3.8) is 0 Å². The first-order valence-electron chi connectivity index (χ1n) is 17.5. The third-order valence-electron chi connectivity index (χ3n) is 10.8. The Bertz CT molecular complexity index is 2870. The number of rotatable bonds is 4. The van der Waals surface area contributed by atoms with Crippen LogP contribution >= 0.6 is 11.3 Å². The fourth-order valence-corrected chi connectivity index (χ4v) is 9.66. The number of benzene rings is 4. The highest BCUT2D eigenvalue weighted by Crippen LogP contribution is 2.46. The molecule has 0 saturated heterocycles. The van der Waals surface area contributed by atoms with Gasteiger partial charge in [-0.2, -0.15) is 0 Å². The van der Waals surface area contributed by atoms with Gasteiger partial charge in [0.05, 0.1) is 27.9 Å². The van der Waals surface area contributed by atoms with E-state index in [1.807, 2.05) is 48.3 Å². The summed E-state index contributed by atoms with van der Waals surface area (Å²) < 4.78 is 3.78. The summed E-state index contributed by atoms with van der Waals surface area (Å²) in [6.45, 7) is 2.39. The Kier molecular flexibility index (Phi) is 6.13. The summed E-state index contributed by atoms with van der Waals surface area (Å²) in [6, 6.07) is 42.0. The van der Waals surface area contributed by atoms with Crippen molar-refractivity contribution in [2.24, 2.45) is 5.92 Å². The van der Waals surface area contributed by atoms with E-state index in [-0.39, 0.29) is 0 Å². The van der Waals surface area contributed by atoms with Crippen LogP contribution in [-0.2, 0) is 6.42 Å². The number of allylic oxidation sites excluding steroid dienone is 1. The molecule has 10 aromatic rings. The Hall–Kier alpha value is -6.17. The molecule has 0 N–H and O–H groups in total. The molecule has 0 saturated carbocycles. The van der Waals surface area contributed by atoms with Crippen molar-refractivity contribution in [3.05, 3.63) is 156 Å². The van der Waals surface area contributed by atoms with Crippen LogP contribution in [0, 0.1) is 5.92 Å². The van der Waals surface area contributed by atoms with Crippen molar-refractivity contribution in [2.75, 3.05) is 0 Å². The number of aromatic nitrogens is 4. The maximum absolute atomic E-state index is 5.21. The van der Waals surface area contributed by atoms with Crippen LogP contribution in [0.2, 0.25) is 0 Å². The van der Waals surface area contributed by atoms with E-state index in [0.29, 0.717) is 5.92 Å². The Morgan fingerprint density at radius 3 is 1.86 bits per heavy atom. The van der Waals surface area contributed by atoms with Gasteiger partial charge in [-0.15, -0.1) is 11.3 Å². The van der Waals surface area contributed by atoms with Gasteiger partial charge in [-0.3, -0.25) is 9.97 Å². The van der Waals surface area contributed by atoms with E-state index in [2.05, 4.69) is 130 Å². The quantitative estimate of drug-likeness (QED) is 0.187. The second-order valence-corrected chi connectivity index (χ2v) is 14.9. The first kappa shape index (κ1) is 28.6. The van der Waals surface area contributed by atoms with Crippen molar-refractivity contribution < 1.29 is 0 Å². The van der Waals surface area contributed by atoms with Crippen LogP contribution in [-0.4, -0.2) is 19.4 Å². The van der Waals surface area contributed by atoms with E-state index < -0.39 is 0 Å². The SMILES string of the molecule is CC1Cc2sc3ccc(-c4cc(-c5ccncc5)cc(-c5ccncc5)n4)cc3c2C=C1c1cc2c3ccccc3n3c4ccccc4c(c1)c23. The average molecular weight is 671 g/mol. The lowest BCUT2D eigenvalue weighted by molar-refractivity contribution is 0.749. The molecule has 240 valence electrons. The van der Waals surface area contributed by atoms with E-state index in [4.69, 9.17) is 4.98 Å². The predicted octanol–water partition coefficient (Wildman–Crippen LogP) is 12.0. The number of hydrogen-bond acceptors (Lipinski definition) is 4. The molecule has 0 radical (unpaired) electrons. The molecule has 5 heteroatoms. The first-order valence-corrected chi connectivity index (χ1v) is 18.3. The maximum atomic E-state index is 5.21. The van der Waals surface area contributed by atoms with Gasteiger partial charge in [-0.1, -0.05) is 49.4 Å². The van der Waals surface area contributed by atoms with Crippen molar-refractivity contribution in [2.45, 2.75) is 13.3 Å². The van der Waals surface area contributed by atoms with Crippen LogP contribution in [0.4, 0.5) is 0 Å². The summed E-state index contributed by atoms with van der Waals surface area (Å²) in [5, 5.41) is 6.58. The molecular weight excluding hydrogens is 641 g/mol. The highest BCUT2D eigenvalue weighted by Gasteiger charge is 2.25. The van der Waals surface area contributed by atoms with E-state index in [1.165, 1.54) is 69.8 Å². The molecule has 1 unspecified atom stereocenters. The lowest BCUT2D eigenvalue weighted by Crippen LogP contribution is -2.07. The fraction of sp³-hybridized carbons (Fsp3) is 0.0652. The van der Waals surface area contributed by atoms with Gasteiger partial charge in [-0.05, 0) is 119 Å². The molecule has 6 aromatic heterocycles. The Balaban J connectivity index is 1.09. The standard InChI is InChI=1S/C46H30N4S/c1-27-20-45-37(26-35(27)32-22-38-33-6-2-4-8-42(33)50-43-9-5-3-7-34(43)39(23-32)46(38)50)36-21-30(10-11-44(36)51-45)41-25-31(28-12-16-47-17-13-28)24-40(49-41)29-14-18-48-19-15-29/h2-19,21-27H,20H2,1H3. The van der Waals surface area contributed by atoms with Crippen molar-refractivity contribution in [3.8, 4) is 33.6 Å². The monoisotopic (exact) mass is 670 g/mol. The van der Waals surface area contributed by atoms with Crippen LogP contribution in [0.25, 0.3) is 93.5 Å². The second-order valence-electron chi connectivity index (χ2n) is 13.7. The largest absolute Gasteiger partial charge is 0.308 e. The van der Waals surface area contributed by atoms with Gasteiger partial charge in [-0.25, -0.2) is 4.98 Å². The zero-order valence-corrected chi connectivity index (χ0v) is 28.7. The van der Waals surface area contributed by atoms with Gasteiger partial charge in [0.25, 0.3) is 0 Å². The van der Waals surface area contributed by atoms with Crippen molar-refractivity contribution >= 4 is 71.2 Å². The van der Waals surface area contributed by atoms with E-state index in [9.17, 15) is 0 Å². The average Bonchev–Trinajstić information content (AvgIpc) is 3.84. The van der Waals surface area contributed by atoms with Crippen LogP contribution in [0.1, 0.15) is 22.9 Å². The van der Waals surface area contributed by atoms with Crippen LogP contribution in [0.15, 0.2) is 140 Å². The zero-order valence-electron chi connectivity index (χ0n) is 27.8. The first-order chi connectivity index (χ1) is 25.2. The number of hydrogen-bond donors (Lipinski definition) is 0. The number of nitrogens with zero attached hydrogens (tertiary/aromatic N) is 4. The zero-order chi connectivity index (χ0) is 33.6. The number of thiophene rings is 1. The number of fused-ring (bicyclic) bond motifs is 9. The lowest BCUT2D eigenvalue weighted by Gasteiger charge is -2.22. The minimum absolute atomic E-state index is 0.404. The molecule has 1 aliphatic rings. The normalized spacial score (nSPS) is 14.6. The molecule has 4 nitrogen and oxygen atoms in total. The molecule has 0 aliphatic heterocycles. The van der Waals surface area contributed by atoms with E-state index in [0.717, 1.165) is 40.1 Å². The molecule has 0 amide bonds. The summed E-state index contributed by atoms with van der Waals surface area (Å²) in [6.07, 6.45) is 10.9. The predicted molar refractivity (Wildman–Crippen MR) is 213 cm³/mol. The summed E-state index contributed by atoms with van der Waals surface area (Å²) in [5.41, 5.74) is 14.2. The second kappa shape index (κ2) is 10.9. The minimum atomic E-state index is 0.404. The molecule has 0 fully saturated rings. The molecule has 0 bridgehead atoms. The Morgan fingerprint density at radius 2 is 1.18 bits per heavy atom. The minimum Gasteiger partial charge on any atom is -0.308 e. The summed E-state index contributed by atoms with van der Waals surface area (Å²) in [5.74, 6) is 0.404. The smallest absolute Gasteiger partial charge is 0.0716 e. The summed E-state index contributed by atoms with van der Waals surface area (Å²) in [4.78, 5) is 15.2. The van der Waals surface area contributed by atoms with Crippen LogP contribution in [0.5, 0.6) is 0 Å². The molecule has 4 aromatic carbocycles. The van der Waals surface area contributed by atoms with Crippen molar-refractivity contribution in [1.82, 2.24) is 19.4 Å². The van der Waals surface area contributed by atoms with Crippen LogP contribution in [0.3, 0.4) is 0 Å². The van der Waals surface area contributed by atoms with Gasteiger partial charge in [0.1, 0.15) is 0 Å². The van der Waals surface area contributed by atoms with Gasteiger partial charge in [0.2, 0.25) is 0 Å². The third-order valence-corrected chi connectivity index (χ3v) is 12.0. The van der Waals surface area contributed by atoms with E-state index >= 15 is 0 Å². The summed E-state index contributed by atoms with van der Waals surface area (Å²) >= 11 is 1.93. The molecule has 6 heterocycles. The Morgan fingerprint density at radius 1 is 0.569 bits per heavy atom. The molecular formula is C46H30N4S. The lowest BCUT2D eigenvalue weighted by atomic mass is 9.83. The molecule has 1 aliphatic carbocycles. The van der Waals surface area contributed by atoms with Crippen LogP contribution < -0.4 is 0 Å². The number of pyridine rings is 3. The highest BCUT2D eigenvalue weighted by molar-refractivity contribution is 7.19. The molecule has 1 atom stereocenters. The van der Waals surface area contributed by atoms with Gasteiger partial charge in [0, 0.05) is 72.4 Å². The number of para-hydroxylation sites is 2. The van der Waals surface area contributed by atoms with E-state index in [1.54, 1.807) is 0 Å². The highest BCUT2D eigenvalue weighted by atomic mass is 32.1. The van der Waals surface area contributed by atoms with Crippen molar-refractivity contribution in [1.29, 1.82) is 0 Å². The maximum Gasteiger partial charge on any atom is 0.0716 e. The Labute approximate surface area is 298 Å². The third kappa shape index (κ3) is 4.35. The summed E-state index contributed by atoms with van der Waals surface area (Å²) in [7, 11) is 0. The van der Waals surface area contributed by atoms with Gasteiger partial charge < -0.3 is 4.40 Å². The van der Waals surface area contributed by atoms with Gasteiger partial charge in [0.15, 0.2) is 0 Å². The van der Waals surface area contributed by atoms with Gasteiger partial charge >= 0.3 is 0 Å². The topological polar surface area (TPSA) is 43.1 Å².